The zero-order valence-electron chi connectivity index (χ0n) is 12.7. The molecule has 0 aromatic heterocycles. The Kier molecular flexibility index (Phi) is 5.78. The molecule has 0 fully saturated rings. The van der Waals surface area contributed by atoms with Gasteiger partial charge in [0.1, 0.15) is 10.9 Å². The minimum Gasteiger partial charge on any atom is -0.480 e. The molecule has 3 N–H and O–H groups in total. The summed E-state index contributed by atoms with van der Waals surface area (Å²) in [5, 5.41) is 18.1. The van der Waals surface area contributed by atoms with Gasteiger partial charge in [0.05, 0.1) is 10.6 Å². The predicted octanol–water partition coefficient (Wildman–Crippen LogP) is 2.01. The zero-order chi connectivity index (χ0) is 18.6. The second-order valence-corrected chi connectivity index (χ2v) is 7.24. The maximum absolute atomic E-state index is 12.5. The maximum Gasteiger partial charge on any atom is 0.335 e. The van der Waals surface area contributed by atoms with E-state index in [-0.39, 0.29) is 17.0 Å². The number of rotatable bonds is 7. The van der Waals surface area contributed by atoms with E-state index in [0.717, 1.165) is 18.2 Å². The van der Waals surface area contributed by atoms with E-state index < -0.39 is 32.9 Å². The molecule has 0 aliphatic rings. The van der Waals surface area contributed by atoms with E-state index in [1.54, 1.807) is 30.3 Å². The lowest BCUT2D eigenvalue weighted by Crippen LogP contribution is -2.42. The van der Waals surface area contributed by atoms with E-state index in [9.17, 15) is 23.1 Å². The lowest BCUT2D eigenvalue weighted by molar-refractivity contribution is -0.138. The van der Waals surface area contributed by atoms with Gasteiger partial charge in [-0.25, -0.2) is 13.2 Å². The first-order valence-electron chi connectivity index (χ1n) is 7.02. The molecule has 132 valence electrons. The van der Waals surface area contributed by atoms with E-state index in [2.05, 4.69) is 4.72 Å². The van der Waals surface area contributed by atoms with Gasteiger partial charge in [0.25, 0.3) is 0 Å². The molecule has 9 heteroatoms. The average Bonchev–Trinajstić information content (AvgIpc) is 2.55. The number of aromatic carboxylic acids is 1. The van der Waals surface area contributed by atoms with Crippen molar-refractivity contribution in [2.45, 2.75) is 17.4 Å². The fourth-order valence-electron chi connectivity index (χ4n) is 2.12. The van der Waals surface area contributed by atoms with Crippen LogP contribution in [0.5, 0.6) is 0 Å². The highest BCUT2D eigenvalue weighted by atomic mass is 35.5. The molecule has 0 saturated carbocycles. The largest absolute Gasteiger partial charge is 0.480 e. The summed E-state index contributed by atoms with van der Waals surface area (Å²) in [5.74, 6) is -2.69. The molecule has 1 atom stereocenters. The maximum atomic E-state index is 12.5. The molecule has 2 rings (SSSR count). The summed E-state index contributed by atoms with van der Waals surface area (Å²) in [6.07, 6.45) is -0.0777. The molecule has 0 amide bonds. The molecule has 2 aromatic carbocycles. The summed E-state index contributed by atoms with van der Waals surface area (Å²) in [6, 6.07) is 10.2. The normalized spacial score (nSPS) is 12.5. The number of nitrogens with one attached hydrogen (secondary N) is 1. The topological polar surface area (TPSA) is 121 Å². The van der Waals surface area contributed by atoms with Gasteiger partial charge in [-0.2, -0.15) is 4.72 Å². The number of hydrogen-bond acceptors (Lipinski definition) is 4. The first-order valence-corrected chi connectivity index (χ1v) is 8.89. The van der Waals surface area contributed by atoms with E-state index in [4.69, 9.17) is 16.7 Å². The molecular formula is C16H14ClNO6S. The molecule has 0 heterocycles. The van der Waals surface area contributed by atoms with Crippen molar-refractivity contribution < 1.29 is 28.2 Å². The Morgan fingerprint density at radius 3 is 2.28 bits per heavy atom. The number of hydrogen-bond donors (Lipinski definition) is 3. The van der Waals surface area contributed by atoms with E-state index in [1.165, 1.54) is 0 Å². The van der Waals surface area contributed by atoms with Crippen LogP contribution in [0.25, 0.3) is 0 Å². The van der Waals surface area contributed by atoms with Crippen LogP contribution >= 0.6 is 11.6 Å². The number of carboxylic acid groups (broad SMARTS) is 2. The van der Waals surface area contributed by atoms with E-state index in [1.807, 2.05) is 0 Å². The van der Waals surface area contributed by atoms with Crippen LogP contribution in [0.4, 0.5) is 0 Å². The quantitative estimate of drug-likeness (QED) is 0.672. The van der Waals surface area contributed by atoms with Crippen molar-refractivity contribution in [1.82, 2.24) is 4.72 Å². The summed E-state index contributed by atoms with van der Waals surface area (Å²) in [7, 11) is -4.34. The second-order valence-electron chi connectivity index (χ2n) is 5.15. The number of sulfonamides is 1. The molecule has 2 aromatic rings. The Bertz CT molecular complexity index is 898. The van der Waals surface area contributed by atoms with Crippen LogP contribution in [0.2, 0.25) is 5.02 Å². The van der Waals surface area contributed by atoms with Gasteiger partial charge in [-0.15, -0.1) is 0 Å². The molecule has 0 saturated heterocycles. The fraction of sp³-hybridized carbons (Fsp3) is 0.125. The van der Waals surface area contributed by atoms with Crippen LogP contribution in [0.1, 0.15) is 15.9 Å². The molecule has 7 nitrogen and oxygen atoms in total. The number of benzene rings is 2. The number of carbonyl (C=O) groups is 2. The Labute approximate surface area is 148 Å². The molecule has 0 bridgehead atoms. The first-order chi connectivity index (χ1) is 11.7. The lowest BCUT2D eigenvalue weighted by atomic mass is 10.1. The minimum absolute atomic E-state index is 0.0777. The van der Waals surface area contributed by atoms with Crippen LogP contribution in [0.15, 0.2) is 53.4 Å². The highest BCUT2D eigenvalue weighted by Gasteiger charge is 2.28. The molecule has 0 aliphatic carbocycles. The summed E-state index contributed by atoms with van der Waals surface area (Å²) >= 11 is 5.85. The van der Waals surface area contributed by atoms with Gasteiger partial charge in [0, 0.05) is 0 Å². The molecule has 0 unspecified atom stereocenters. The predicted molar refractivity (Wildman–Crippen MR) is 90.3 cm³/mol. The summed E-state index contributed by atoms with van der Waals surface area (Å²) in [5.41, 5.74) is 0.350. The van der Waals surface area contributed by atoms with Gasteiger partial charge < -0.3 is 10.2 Å². The average molecular weight is 384 g/mol. The highest BCUT2D eigenvalue weighted by Crippen LogP contribution is 2.23. The highest BCUT2D eigenvalue weighted by molar-refractivity contribution is 7.89. The van der Waals surface area contributed by atoms with Gasteiger partial charge in [-0.3, -0.25) is 4.79 Å². The van der Waals surface area contributed by atoms with Crippen LogP contribution in [0, 0.1) is 0 Å². The summed E-state index contributed by atoms with van der Waals surface area (Å²) in [6.45, 7) is 0. The van der Waals surface area contributed by atoms with Crippen molar-refractivity contribution in [3.05, 3.63) is 64.7 Å². The minimum atomic E-state index is -4.34. The Balaban J connectivity index is 2.33. The third kappa shape index (κ3) is 4.79. The summed E-state index contributed by atoms with van der Waals surface area (Å²) < 4.78 is 27.0. The van der Waals surface area contributed by atoms with Crippen LogP contribution < -0.4 is 4.72 Å². The lowest BCUT2D eigenvalue weighted by Gasteiger charge is -2.16. The van der Waals surface area contributed by atoms with Crippen molar-refractivity contribution in [3.63, 3.8) is 0 Å². The Morgan fingerprint density at radius 1 is 1.08 bits per heavy atom. The molecule has 0 aliphatic heterocycles. The molecule has 25 heavy (non-hydrogen) atoms. The third-order valence-electron chi connectivity index (χ3n) is 3.35. The van der Waals surface area contributed by atoms with Crippen LogP contribution in [-0.2, 0) is 21.2 Å². The third-order valence-corrected chi connectivity index (χ3v) is 5.30. The zero-order valence-corrected chi connectivity index (χ0v) is 14.3. The Morgan fingerprint density at radius 2 is 1.72 bits per heavy atom. The molecule has 0 radical (unpaired) electrons. The van der Waals surface area contributed by atoms with E-state index in [0.29, 0.717) is 5.56 Å². The van der Waals surface area contributed by atoms with E-state index >= 15 is 0 Å². The number of halogens is 1. The molecule has 0 spiro atoms. The second kappa shape index (κ2) is 7.64. The monoisotopic (exact) mass is 383 g/mol. The van der Waals surface area contributed by atoms with Gasteiger partial charge in [0.15, 0.2) is 0 Å². The number of aliphatic carboxylic acids is 1. The van der Waals surface area contributed by atoms with Gasteiger partial charge in [0.2, 0.25) is 10.0 Å². The Hall–Kier alpha value is -2.42. The van der Waals surface area contributed by atoms with Crippen molar-refractivity contribution >= 4 is 33.6 Å². The first kappa shape index (κ1) is 18.9. The van der Waals surface area contributed by atoms with Crippen LogP contribution in [-0.4, -0.2) is 36.6 Å². The summed E-state index contributed by atoms with van der Waals surface area (Å²) in [4.78, 5) is 21.9. The van der Waals surface area contributed by atoms with Gasteiger partial charge in [-0.05, 0) is 30.2 Å². The number of carboxylic acids is 2. The van der Waals surface area contributed by atoms with Gasteiger partial charge in [-0.1, -0.05) is 41.9 Å². The van der Waals surface area contributed by atoms with Crippen LogP contribution in [0.3, 0.4) is 0 Å². The van der Waals surface area contributed by atoms with Crippen molar-refractivity contribution in [1.29, 1.82) is 0 Å². The van der Waals surface area contributed by atoms with Crippen molar-refractivity contribution in [2.75, 3.05) is 0 Å². The smallest absolute Gasteiger partial charge is 0.335 e. The van der Waals surface area contributed by atoms with Gasteiger partial charge >= 0.3 is 11.9 Å². The molecular weight excluding hydrogens is 370 g/mol. The SMILES string of the molecule is O=C(O)c1ccc(Cl)c(S(=O)(=O)N[C@H](Cc2ccccc2)C(=O)O)c1. The standard InChI is InChI=1S/C16H14ClNO6S/c17-12-7-6-11(15(19)20)9-14(12)25(23,24)18-13(16(21)22)8-10-4-2-1-3-5-10/h1-7,9,13,18H,8H2,(H,19,20)(H,21,22)/t13-/m1/s1. The van der Waals surface area contributed by atoms with Crippen molar-refractivity contribution in [2.24, 2.45) is 0 Å². The fourth-order valence-corrected chi connectivity index (χ4v) is 3.84. The van der Waals surface area contributed by atoms with Crippen molar-refractivity contribution in [3.8, 4) is 0 Å².